The second kappa shape index (κ2) is 6.75. The topological polar surface area (TPSA) is 0 Å². The first-order valence-electron chi connectivity index (χ1n) is 6.49. The van der Waals surface area contributed by atoms with Crippen LogP contribution >= 0.6 is 0 Å². The molecule has 0 heteroatoms. The maximum Gasteiger partial charge on any atom is 0.0507 e. The van der Waals surface area contributed by atoms with Gasteiger partial charge in [0.15, 0.2) is 0 Å². The van der Waals surface area contributed by atoms with E-state index in [9.17, 15) is 0 Å². The van der Waals surface area contributed by atoms with Gasteiger partial charge in [0.05, 0.1) is 6.42 Å². The maximum atomic E-state index is 3.81. The minimum Gasteiger partial charge on any atom is -0.103 e. The van der Waals surface area contributed by atoms with Gasteiger partial charge in [0.1, 0.15) is 0 Å². The lowest BCUT2D eigenvalue weighted by molar-refractivity contribution is 1.19. The smallest absolute Gasteiger partial charge is 0.0507 e. The van der Waals surface area contributed by atoms with Crippen molar-refractivity contribution in [1.82, 2.24) is 0 Å². The highest BCUT2D eigenvalue weighted by Crippen LogP contribution is 2.20. The second-order valence-electron chi connectivity index (χ2n) is 4.42. The monoisotopic (exact) mass is 246 g/mol. The molecule has 0 atom stereocenters. The van der Waals surface area contributed by atoms with Crippen molar-refractivity contribution in [1.29, 1.82) is 0 Å². The zero-order chi connectivity index (χ0) is 13.5. The third kappa shape index (κ3) is 3.45. The molecule has 0 bridgehead atoms. The zero-order valence-electron chi connectivity index (χ0n) is 11.1. The number of benzene rings is 2. The summed E-state index contributed by atoms with van der Waals surface area (Å²) in [5, 5.41) is 0. The van der Waals surface area contributed by atoms with Crippen molar-refractivity contribution in [3.05, 3.63) is 103 Å². The largest absolute Gasteiger partial charge is 0.103 e. The molecule has 0 amide bonds. The van der Waals surface area contributed by atoms with Crippen molar-refractivity contribution in [3.63, 3.8) is 0 Å². The van der Waals surface area contributed by atoms with E-state index in [1.165, 1.54) is 11.1 Å². The van der Waals surface area contributed by atoms with Crippen LogP contribution < -0.4 is 0 Å². The molecule has 0 saturated carbocycles. The molecular formula is C19H18. The first-order valence-corrected chi connectivity index (χ1v) is 6.49. The molecule has 0 unspecified atom stereocenters. The molecule has 0 aliphatic heterocycles. The van der Waals surface area contributed by atoms with Crippen LogP contribution in [0, 0.1) is 6.42 Å². The predicted octanol–water partition coefficient (Wildman–Crippen LogP) is 4.62. The van der Waals surface area contributed by atoms with Crippen LogP contribution in [0.3, 0.4) is 0 Å². The van der Waals surface area contributed by atoms with Crippen LogP contribution in [0.25, 0.3) is 0 Å². The number of hydrogen-bond donors (Lipinski definition) is 0. The normalized spacial score (nSPS) is 10.1. The van der Waals surface area contributed by atoms with Gasteiger partial charge in [-0.2, -0.15) is 0 Å². The molecule has 2 radical (unpaired) electrons. The third-order valence-electron chi connectivity index (χ3n) is 3.03. The van der Waals surface area contributed by atoms with Gasteiger partial charge in [-0.1, -0.05) is 60.7 Å². The van der Waals surface area contributed by atoms with E-state index >= 15 is 0 Å². The van der Waals surface area contributed by atoms with Crippen molar-refractivity contribution in [2.45, 2.75) is 12.8 Å². The highest BCUT2D eigenvalue weighted by molar-refractivity contribution is 5.46. The Labute approximate surface area is 116 Å². The molecule has 0 aliphatic carbocycles. The van der Waals surface area contributed by atoms with Gasteiger partial charge in [0, 0.05) is 0 Å². The molecule has 0 spiro atoms. The predicted molar refractivity (Wildman–Crippen MR) is 82.1 cm³/mol. The quantitative estimate of drug-likeness (QED) is 0.652. The Balaban J connectivity index is 2.30. The summed E-state index contributed by atoms with van der Waals surface area (Å²) in [4.78, 5) is 0. The van der Waals surface area contributed by atoms with Gasteiger partial charge in [-0.25, -0.2) is 0 Å². The van der Waals surface area contributed by atoms with E-state index in [0.717, 1.165) is 24.0 Å². The molecule has 19 heavy (non-hydrogen) atoms. The Morgan fingerprint density at radius 1 is 0.737 bits per heavy atom. The molecule has 0 heterocycles. The van der Waals surface area contributed by atoms with Gasteiger partial charge in [0.25, 0.3) is 0 Å². The van der Waals surface area contributed by atoms with Crippen molar-refractivity contribution in [2.75, 3.05) is 0 Å². The summed E-state index contributed by atoms with van der Waals surface area (Å²) in [6.07, 6.45) is 9.10. The average molecular weight is 246 g/mol. The molecule has 0 N–H and O–H groups in total. The van der Waals surface area contributed by atoms with Gasteiger partial charge in [0.2, 0.25) is 0 Å². The summed E-state index contributed by atoms with van der Waals surface area (Å²) in [6, 6.07) is 16.7. The Bertz CT molecular complexity index is 512. The molecule has 94 valence electrons. The van der Waals surface area contributed by atoms with Gasteiger partial charge >= 0.3 is 0 Å². The van der Waals surface area contributed by atoms with E-state index in [1.54, 1.807) is 0 Å². The number of allylic oxidation sites excluding steroid dienone is 2. The van der Waals surface area contributed by atoms with Crippen LogP contribution in [0.5, 0.6) is 0 Å². The van der Waals surface area contributed by atoms with Crippen molar-refractivity contribution >= 4 is 0 Å². The van der Waals surface area contributed by atoms with Crippen LogP contribution in [0.2, 0.25) is 0 Å². The lowest BCUT2D eigenvalue weighted by Crippen LogP contribution is -1.96. The lowest BCUT2D eigenvalue weighted by Gasteiger charge is -2.10. The molecule has 0 nitrogen and oxygen atoms in total. The zero-order valence-corrected chi connectivity index (χ0v) is 11.1. The first kappa shape index (κ1) is 13.4. The lowest BCUT2D eigenvalue weighted by atomic mass is 9.94. The van der Waals surface area contributed by atoms with Crippen molar-refractivity contribution in [3.8, 4) is 0 Å². The summed E-state index contributed by atoms with van der Waals surface area (Å²) in [5.74, 6) is 0. The number of rotatable bonds is 6. The van der Waals surface area contributed by atoms with E-state index in [2.05, 4.69) is 56.0 Å². The fourth-order valence-electron chi connectivity index (χ4n) is 2.10. The summed E-state index contributed by atoms with van der Waals surface area (Å²) < 4.78 is 0. The van der Waals surface area contributed by atoms with Gasteiger partial charge in [-0.05, 0) is 35.1 Å². The van der Waals surface area contributed by atoms with E-state index < -0.39 is 0 Å². The SMILES string of the molecule is C=CCc1ccccc1[C]c1ccccc1CC=C. The van der Waals surface area contributed by atoms with Crippen molar-refractivity contribution in [2.24, 2.45) is 0 Å². The minimum absolute atomic E-state index is 0.868. The Kier molecular flexibility index (Phi) is 4.74. The summed E-state index contributed by atoms with van der Waals surface area (Å²) >= 11 is 0. The molecule has 0 aliphatic rings. The first-order chi connectivity index (χ1) is 9.35. The van der Waals surface area contributed by atoms with Gasteiger partial charge in [-0.15, -0.1) is 13.2 Å². The molecular weight excluding hydrogens is 228 g/mol. The molecule has 2 aromatic carbocycles. The minimum atomic E-state index is 0.868. The number of hydrogen-bond acceptors (Lipinski definition) is 0. The fourth-order valence-corrected chi connectivity index (χ4v) is 2.10. The average Bonchev–Trinajstić information content (AvgIpc) is 2.44. The van der Waals surface area contributed by atoms with Gasteiger partial charge < -0.3 is 0 Å². The standard InChI is InChI=1S/C19H18/c1-3-9-16-11-5-7-13-18(16)15-19-14-8-6-12-17(19)10-4-2/h3-8,11-14H,1-2,9-10H2. The van der Waals surface area contributed by atoms with E-state index in [4.69, 9.17) is 0 Å². The van der Waals surface area contributed by atoms with E-state index in [1.807, 2.05) is 24.3 Å². The van der Waals surface area contributed by atoms with Crippen molar-refractivity contribution < 1.29 is 0 Å². The molecule has 0 aromatic heterocycles. The summed E-state index contributed by atoms with van der Waals surface area (Å²) in [5.41, 5.74) is 4.79. The molecule has 0 saturated heterocycles. The van der Waals surface area contributed by atoms with Crippen LogP contribution in [0.4, 0.5) is 0 Å². The molecule has 2 rings (SSSR count). The highest BCUT2D eigenvalue weighted by Gasteiger charge is 2.06. The van der Waals surface area contributed by atoms with Crippen LogP contribution in [-0.4, -0.2) is 0 Å². The Morgan fingerprint density at radius 2 is 1.16 bits per heavy atom. The summed E-state index contributed by atoms with van der Waals surface area (Å²) in [7, 11) is 0. The fraction of sp³-hybridized carbons (Fsp3) is 0.105. The maximum absolute atomic E-state index is 3.81. The van der Waals surface area contributed by atoms with E-state index in [0.29, 0.717) is 0 Å². The Hall–Kier alpha value is -2.08. The van der Waals surface area contributed by atoms with Crippen LogP contribution in [0.1, 0.15) is 22.3 Å². The second-order valence-corrected chi connectivity index (χ2v) is 4.42. The highest BCUT2D eigenvalue weighted by atomic mass is 14.1. The Morgan fingerprint density at radius 3 is 1.58 bits per heavy atom. The van der Waals surface area contributed by atoms with Gasteiger partial charge in [-0.3, -0.25) is 0 Å². The third-order valence-corrected chi connectivity index (χ3v) is 3.03. The summed E-state index contributed by atoms with van der Waals surface area (Å²) in [6.45, 7) is 7.62. The van der Waals surface area contributed by atoms with Crippen LogP contribution in [-0.2, 0) is 12.8 Å². The van der Waals surface area contributed by atoms with E-state index in [-0.39, 0.29) is 0 Å². The van der Waals surface area contributed by atoms with Crippen LogP contribution in [0.15, 0.2) is 73.8 Å². The molecule has 2 aromatic rings. The molecule has 0 fully saturated rings.